The highest BCUT2D eigenvalue weighted by Gasteiger charge is 2.38. The number of benzene rings is 2. The Morgan fingerprint density at radius 2 is 1.87 bits per heavy atom. The molecule has 1 heterocycles. The van der Waals surface area contributed by atoms with E-state index >= 15 is 0 Å². The van der Waals surface area contributed by atoms with Crippen LogP contribution in [0.15, 0.2) is 48.5 Å². The number of rotatable bonds is 3. The number of carbonyl (C=O) groups excluding carboxylic acids is 2. The zero-order valence-electron chi connectivity index (χ0n) is 12.1. The molecule has 0 spiro atoms. The van der Waals surface area contributed by atoms with Crippen molar-refractivity contribution >= 4 is 23.2 Å². The van der Waals surface area contributed by atoms with E-state index in [1.165, 1.54) is 11.0 Å². The Hall–Kier alpha value is -2.76. The van der Waals surface area contributed by atoms with Gasteiger partial charge < -0.3 is 10.2 Å². The van der Waals surface area contributed by atoms with Gasteiger partial charge in [-0.25, -0.2) is 8.78 Å². The minimum atomic E-state index is -0.875. The maximum absolute atomic E-state index is 13.8. The van der Waals surface area contributed by atoms with Crippen molar-refractivity contribution in [1.29, 1.82) is 0 Å². The Kier molecular flexibility index (Phi) is 4.06. The van der Waals surface area contributed by atoms with Crippen molar-refractivity contribution in [2.75, 3.05) is 16.8 Å². The highest BCUT2D eigenvalue weighted by atomic mass is 19.1. The minimum Gasteiger partial charge on any atom is -0.325 e. The fraction of sp³-hybridized carbons (Fsp3) is 0.176. The summed E-state index contributed by atoms with van der Waals surface area (Å²) < 4.78 is 26.8. The van der Waals surface area contributed by atoms with Gasteiger partial charge in [0, 0.05) is 18.3 Å². The van der Waals surface area contributed by atoms with Crippen molar-refractivity contribution in [1.82, 2.24) is 0 Å². The number of amides is 2. The highest BCUT2D eigenvalue weighted by molar-refractivity contribution is 6.13. The van der Waals surface area contributed by atoms with Crippen LogP contribution in [0.25, 0.3) is 0 Å². The SMILES string of the molecule is O=C(Nc1ccccc1)C1CCN(c2ccc(F)cc2F)C1=O. The number of nitrogens with one attached hydrogen (secondary N) is 1. The van der Waals surface area contributed by atoms with Crippen LogP contribution in [-0.2, 0) is 9.59 Å². The number of para-hydroxylation sites is 1. The van der Waals surface area contributed by atoms with E-state index in [0.717, 1.165) is 12.1 Å². The van der Waals surface area contributed by atoms with Gasteiger partial charge in [-0.05, 0) is 30.7 Å². The topological polar surface area (TPSA) is 49.4 Å². The molecule has 2 aromatic rings. The van der Waals surface area contributed by atoms with Gasteiger partial charge in [0.25, 0.3) is 0 Å². The van der Waals surface area contributed by atoms with E-state index in [2.05, 4.69) is 5.32 Å². The predicted molar refractivity (Wildman–Crippen MR) is 81.9 cm³/mol. The number of anilines is 2. The molecular formula is C17H14F2N2O2. The third-order valence-electron chi connectivity index (χ3n) is 3.76. The smallest absolute Gasteiger partial charge is 0.239 e. The number of carbonyl (C=O) groups is 2. The summed E-state index contributed by atoms with van der Waals surface area (Å²) in [6.45, 7) is 0.217. The molecule has 1 atom stereocenters. The molecule has 4 nitrogen and oxygen atoms in total. The van der Waals surface area contributed by atoms with Gasteiger partial charge in [-0.3, -0.25) is 9.59 Å². The maximum atomic E-state index is 13.8. The van der Waals surface area contributed by atoms with Gasteiger partial charge in [0.15, 0.2) is 0 Å². The first kappa shape index (κ1) is 15.1. The van der Waals surface area contributed by atoms with Crippen molar-refractivity contribution in [3.05, 3.63) is 60.2 Å². The summed E-state index contributed by atoms with van der Waals surface area (Å²) >= 11 is 0. The molecule has 0 saturated carbocycles. The molecule has 1 fully saturated rings. The van der Waals surface area contributed by atoms with Crippen molar-refractivity contribution < 1.29 is 18.4 Å². The standard InChI is InChI=1S/C17H14F2N2O2/c18-11-6-7-15(14(19)10-11)21-9-8-13(17(21)23)16(22)20-12-4-2-1-3-5-12/h1-7,10,13H,8-9H2,(H,20,22). The molecule has 0 bridgehead atoms. The van der Waals surface area contributed by atoms with Crippen LogP contribution in [-0.4, -0.2) is 18.4 Å². The highest BCUT2D eigenvalue weighted by Crippen LogP contribution is 2.28. The lowest BCUT2D eigenvalue weighted by Gasteiger charge is -2.17. The molecule has 6 heteroatoms. The summed E-state index contributed by atoms with van der Waals surface area (Å²) in [7, 11) is 0. The van der Waals surface area contributed by atoms with Crippen LogP contribution < -0.4 is 10.2 Å². The molecule has 1 aliphatic heterocycles. The number of halogens is 2. The lowest BCUT2D eigenvalue weighted by atomic mass is 10.1. The molecule has 1 N–H and O–H groups in total. The quantitative estimate of drug-likeness (QED) is 0.885. The van der Waals surface area contributed by atoms with Crippen LogP contribution in [0.1, 0.15) is 6.42 Å². The number of hydrogen-bond acceptors (Lipinski definition) is 2. The molecule has 0 radical (unpaired) electrons. The predicted octanol–water partition coefficient (Wildman–Crippen LogP) is 2.96. The third-order valence-corrected chi connectivity index (χ3v) is 3.76. The molecule has 1 saturated heterocycles. The first-order valence-electron chi connectivity index (χ1n) is 7.18. The normalized spacial score (nSPS) is 17.4. The van der Waals surface area contributed by atoms with Gasteiger partial charge in [0.1, 0.15) is 17.6 Å². The van der Waals surface area contributed by atoms with Crippen molar-refractivity contribution in [2.24, 2.45) is 5.92 Å². The summed E-state index contributed by atoms with van der Waals surface area (Å²) in [5.41, 5.74) is 0.586. The first-order chi connectivity index (χ1) is 11.1. The van der Waals surface area contributed by atoms with E-state index in [1.54, 1.807) is 24.3 Å². The zero-order chi connectivity index (χ0) is 16.4. The minimum absolute atomic E-state index is 0.00795. The van der Waals surface area contributed by atoms with Crippen LogP contribution in [0.5, 0.6) is 0 Å². The van der Waals surface area contributed by atoms with Gasteiger partial charge >= 0.3 is 0 Å². The van der Waals surface area contributed by atoms with Crippen LogP contribution in [0, 0.1) is 17.6 Å². The number of nitrogens with zero attached hydrogens (tertiary/aromatic N) is 1. The average Bonchev–Trinajstić information content (AvgIpc) is 2.90. The first-order valence-corrected chi connectivity index (χ1v) is 7.18. The molecule has 2 aromatic carbocycles. The fourth-order valence-electron chi connectivity index (χ4n) is 2.61. The molecule has 1 aliphatic rings. The maximum Gasteiger partial charge on any atom is 0.239 e. The molecule has 0 aliphatic carbocycles. The second-order valence-corrected chi connectivity index (χ2v) is 5.28. The molecule has 1 unspecified atom stereocenters. The van der Waals surface area contributed by atoms with Crippen LogP contribution in [0.3, 0.4) is 0 Å². The lowest BCUT2D eigenvalue weighted by molar-refractivity contribution is -0.129. The van der Waals surface area contributed by atoms with Crippen molar-refractivity contribution in [2.45, 2.75) is 6.42 Å². The summed E-state index contributed by atoms with van der Waals surface area (Å²) in [6.07, 6.45) is 0.286. The van der Waals surface area contributed by atoms with Gasteiger partial charge in [-0.2, -0.15) is 0 Å². The van der Waals surface area contributed by atoms with Gasteiger partial charge in [-0.15, -0.1) is 0 Å². The zero-order valence-corrected chi connectivity index (χ0v) is 12.1. The van der Waals surface area contributed by atoms with Gasteiger partial charge in [0.05, 0.1) is 5.69 Å². The second-order valence-electron chi connectivity index (χ2n) is 5.28. The van der Waals surface area contributed by atoms with Gasteiger partial charge in [0.2, 0.25) is 11.8 Å². The fourth-order valence-corrected chi connectivity index (χ4v) is 2.61. The average molecular weight is 316 g/mol. The van der Waals surface area contributed by atoms with Crippen molar-refractivity contribution in [3.8, 4) is 0 Å². The van der Waals surface area contributed by atoms with E-state index in [4.69, 9.17) is 0 Å². The summed E-state index contributed by atoms with van der Waals surface area (Å²) in [6, 6.07) is 11.8. The molecule has 3 rings (SSSR count). The molecule has 2 amide bonds. The molecule has 0 aromatic heterocycles. The Morgan fingerprint density at radius 3 is 2.57 bits per heavy atom. The Bertz CT molecular complexity index is 750. The Balaban J connectivity index is 1.75. The van der Waals surface area contributed by atoms with E-state index < -0.39 is 29.4 Å². The van der Waals surface area contributed by atoms with Gasteiger partial charge in [-0.1, -0.05) is 18.2 Å². The van der Waals surface area contributed by atoms with E-state index in [1.807, 2.05) is 6.07 Å². The van der Waals surface area contributed by atoms with Crippen LogP contribution in [0.2, 0.25) is 0 Å². The lowest BCUT2D eigenvalue weighted by Crippen LogP contribution is -2.33. The van der Waals surface area contributed by atoms with E-state index in [-0.39, 0.29) is 18.7 Å². The third kappa shape index (κ3) is 3.06. The van der Waals surface area contributed by atoms with Crippen LogP contribution in [0.4, 0.5) is 20.2 Å². The molecule has 118 valence electrons. The van der Waals surface area contributed by atoms with Crippen LogP contribution >= 0.6 is 0 Å². The van der Waals surface area contributed by atoms with E-state index in [0.29, 0.717) is 5.69 Å². The molecular weight excluding hydrogens is 302 g/mol. The summed E-state index contributed by atoms with van der Waals surface area (Å²) in [5.74, 6) is -3.31. The monoisotopic (exact) mass is 316 g/mol. The summed E-state index contributed by atoms with van der Waals surface area (Å²) in [4.78, 5) is 25.8. The van der Waals surface area contributed by atoms with E-state index in [9.17, 15) is 18.4 Å². The number of hydrogen-bond donors (Lipinski definition) is 1. The summed E-state index contributed by atoms with van der Waals surface area (Å²) in [5, 5.41) is 2.67. The Morgan fingerprint density at radius 1 is 1.13 bits per heavy atom. The van der Waals surface area contributed by atoms with Crippen molar-refractivity contribution in [3.63, 3.8) is 0 Å². The largest absolute Gasteiger partial charge is 0.325 e. The molecule has 23 heavy (non-hydrogen) atoms. The Labute approximate surface area is 131 Å². The second kappa shape index (κ2) is 6.16.